The van der Waals surface area contributed by atoms with Crippen molar-refractivity contribution in [3.63, 3.8) is 0 Å². The van der Waals surface area contributed by atoms with Crippen LogP contribution in [0.3, 0.4) is 0 Å². The summed E-state index contributed by atoms with van der Waals surface area (Å²) in [5.74, 6) is 0. The van der Waals surface area contributed by atoms with Crippen LogP contribution in [0.15, 0.2) is 23.1 Å². The van der Waals surface area contributed by atoms with E-state index in [-0.39, 0.29) is 16.0 Å². The molecule has 96 valence electrons. The van der Waals surface area contributed by atoms with Gasteiger partial charge in [0.1, 0.15) is 4.90 Å². The van der Waals surface area contributed by atoms with Gasteiger partial charge < -0.3 is 0 Å². The minimum absolute atomic E-state index is 0.00562. The van der Waals surface area contributed by atoms with Crippen molar-refractivity contribution >= 4 is 49.2 Å². The lowest BCUT2D eigenvalue weighted by atomic mass is 10.3. The Morgan fingerprint density at radius 2 is 2.06 bits per heavy atom. The van der Waals surface area contributed by atoms with Crippen LogP contribution in [0.2, 0.25) is 10.0 Å². The van der Waals surface area contributed by atoms with Gasteiger partial charge in [-0.15, -0.1) is 0 Å². The quantitative estimate of drug-likeness (QED) is 0.817. The van der Waals surface area contributed by atoms with Gasteiger partial charge in [0.2, 0.25) is 10.0 Å². The molecule has 7 heteroatoms. The van der Waals surface area contributed by atoms with Crippen molar-refractivity contribution in [2.45, 2.75) is 24.3 Å². The molecule has 0 fully saturated rings. The number of sulfonamides is 1. The Balaban J connectivity index is 3.09. The maximum atomic E-state index is 12.1. The molecule has 1 N–H and O–H groups in total. The van der Waals surface area contributed by atoms with Gasteiger partial charge in [0, 0.05) is 16.4 Å². The fourth-order valence-corrected chi connectivity index (χ4v) is 4.11. The minimum atomic E-state index is -3.63. The van der Waals surface area contributed by atoms with Gasteiger partial charge in [-0.25, -0.2) is 13.1 Å². The molecule has 0 saturated carbocycles. The summed E-state index contributed by atoms with van der Waals surface area (Å²) in [6.07, 6.45) is 0.683. The van der Waals surface area contributed by atoms with Gasteiger partial charge >= 0.3 is 0 Å². The number of nitrogens with one attached hydrogen (secondary N) is 1. The van der Waals surface area contributed by atoms with Gasteiger partial charge in [-0.3, -0.25) is 0 Å². The highest BCUT2D eigenvalue weighted by molar-refractivity contribution is 9.09. The molecule has 0 radical (unpaired) electrons. The Morgan fingerprint density at radius 3 is 2.59 bits per heavy atom. The van der Waals surface area contributed by atoms with E-state index in [2.05, 4.69) is 20.7 Å². The van der Waals surface area contributed by atoms with E-state index in [0.29, 0.717) is 16.8 Å². The van der Waals surface area contributed by atoms with E-state index >= 15 is 0 Å². The Morgan fingerprint density at radius 1 is 1.41 bits per heavy atom. The smallest absolute Gasteiger partial charge is 0.207 e. The van der Waals surface area contributed by atoms with E-state index < -0.39 is 10.0 Å². The molecule has 0 aliphatic carbocycles. The molecule has 1 rings (SSSR count). The third-order valence-corrected chi connectivity index (χ3v) is 5.20. The van der Waals surface area contributed by atoms with Crippen molar-refractivity contribution in [1.82, 2.24) is 4.72 Å². The molecule has 1 aromatic rings. The molecule has 1 unspecified atom stereocenters. The van der Waals surface area contributed by atoms with E-state index in [1.807, 2.05) is 6.92 Å². The normalized spacial score (nSPS) is 13.6. The lowest BCUT2D eigenvalue weighted by Gasteiger charge is -2.15. The zero-order chi connectivity index (χ0) is 13.1. The van der Waals surface area contributed by atoms with Crippen LogP contribution in [0, 0.1) is 0 Å². The third-order valence-electron chi connectivity index (χ3n) is 2.18. The van der Waals surface area contributed by atoms with E-state index in [4.69, 9.17) is 23.2 Å². The molecule has 0 aromatic heterocycles. The number of alkyl halides is 1. The van der Waals surface area contributed by atoms with Crippen LogP contribution in [0.1, 0.15) is 13.3 Å². The van der Waals surface area contributed by atoms with Crippen molar-refractivity contribution in [2.75, 3.05) is 5.33 Å². The van der Waals surface area contributed by atoms with E-state index in [1.165, 1.54) is 12.1 Å². The van der Waals surface area contributed by atoms with Crippen LogP contribution >= 0.6 is 39.1 Å². The Kier molecular flexibility index (Phi) is 5.73. The molecule has 0 heterocycles. The first-order chi connectivity index (χ1) is 7.90. The molecule has 17 heavy (non-hydrogen) atoms. The van der Waals surface area contributed by atoms with Crippen molar-refractivity contribution in [2.24, 2.45) is 0 Å². The van der Waals surface area contributed by atoms with E-state index in [0.717, 1.165) is 0 Å². The van der Waals surface area contributed by atoms with Crippen molar-refractivity contribution in [3.05, 3.63) is 28.2 Å². The van der Waals surface area contributed by atoms with Gasteiger partial charge in [-0.1, -0.05) is 46.1 Å². The SMILES string of the molecule is CCC(CBr)NS(=O)(=O)c1cc(Cl)ccc1Cl. The summed E-state index contributed by atoms with van der Waals surface area (Å²) >= 11 is 14.9. The number of hydrogen-bond donors (Lipinski definition) is 1. The summed E-state index contributed by atoms with van der Waals surface area (Å²) in [5.41, 5.74) is 0. The predicted octanol–water partition coefficient (Wildman–Crippen LogP) is 3.45. The van der Waals surface area contributed by atoms with Crippen LogP contribution in [0.25, 0.3) is 0 Å². The maximum absolute atomic E-state index is 12.1. The number of rotatable bonds is 5. The van der Waals surface area contributed by atoms with Crippen LogP contribution in [-0.4, -0.2) is 19.8 Å². The van der Waals surface area contributed by atoms with Gasteiger partial charge in [0.25, 0.3) is 0 Å². The molecule has 1 atom stereocenters. The lowest BCUT2D eigenvalue weighted by Crippen LogP contribution is -2.35. The molecule has 0 spiro atoms. The monoisotopic (exact) mass is 359 g/mol. The molecule has 1 aromatic carbocycles. The standard InChI is InChI=1S/C10H12BrCl2NO2S/c1-2-8(6-11)14-17(15,16)10-5-7(12)3-4-9(10)13/h3-5,8,14H,2,6H2,1H3. The fourth-order valence-electron chi connectivity index (χ4n) is 1.19. The van der Waals surface area contributed by atoms with Gasteiger partial charge in [0.15, 0.2) is 0 Å². The molecule has 0 bridgehead atoms. The highest BCUT2D eigenvalue weighted by Gasteiger charge is 2.21. The van der Waals surface area contributed by atoms with Crippen LogP contribution in [-0.2, 0) is 10.0 Å². The predicted molar refractivity (Wildman–Crippen MR) is 74.7 cm³/mol. The molecular formula is C10H12BrCl2NO2S. The summed E-state index contributed by atoms with van der Waals surface area (Å²) in [6.45, 7) is 1.90. The zero-order valence-corrected chi connectivity index (χ0v) is 13.0. The summed E-state index contributed by atoms with van der Waals surface area (Å²) in [7, 11) is -3.63. The van der Waals surface area contributed by atoms with Crippen LogP contribution in [0.4, 0.5) is 0 Å². The van der Waals surface area contributed by atoms with Crippen molar-refractivity contribution < 1.29 is 8.42 Å². The third kappa shape index (κ3) is 4.10. The number of halogens is 3. The van der Waals surface area contributed by atoms with Gasteiger partial charge in [-0.2, -0.15) is 0 Å². The first-order valence-electron chi connectivity index (χ1n) is 4.94. The fraction of sp³-hybridized carbons (Fsp3) is 0.400. The summed E-state index contributed by atoms with van der Waals surface area (Å²) in [5, 5.41) is 1.04. The van der Waals surface area contributed by atoms with Gasteiger partial charge in [-0.05, 0) is 24.6 Å². The Bertz CT molecular complexity index is 489. The highest BCUT2D eigenvalue weighted by Crippen LogP contribution is 2.25. The summed E-state index contributed by atoms with van der Waals surface area (Å²) in [4.78, 5) is 0.00562. The summed E-state index contributed by atoms with van der Waals surface area (Å²) < 4.78 is 26.7. The molecule has 0 amide bonds. The first-order valence-corrected chi connectivity index (χ1v) is 8.30. The zero-order valence-electron chi connectivity index (χ0n) is 9.08. The van der Waals surface area contributed by atoms with Crippen LogP contribution < -0.4 is 4.72 Å². The molecular weight excluding hydrogens is 349 g/mol. The Hall–Kier alpha value is 0.190. The second kappa shape index (κ2) is 6.38. The molecule has 0 aliphatic heterocycles. The van der Waals surface area contributed by atoms with Crippen LogP contribution in [0.5, 0.6) is 0 Å². The highest BCUT2D eigenvalue weighted by atomic mass is 79.9. The van der Waals surface area contributed by atoms with E-state index in [9.17, 15) is 8.42 Å². The minimum Gasteiger partial charge on any atom is -0.207 e. The van der Waals surface area contributed by atoms with Gasteiger partial charge in [0.05, 0.1) is 5.02 Å². The second-order valence-electron chi connectivity index (χ2n) is 3.46. The average Bonchev–Trinajstić information content (AvgIpc) is 2.29. The van der Waals surface area contributed by atoms with Crippen molar-refractivity contribution in [3.8, 4) is 0 Å². The largest absolute Gasteiger partial charge is 0.242 e. The average molecular weight is 361 g/mol. The summed E-state index contributed by atoms with van der Waals surface area (Å²) in [6, 6.07) is 4.18. The first kappa shape index (κ1) is 15.2. The lowest BCUT2D eigenvalue weighted by molar-refractivity contribution is 0.559. The maximum Gasteiger partial charge on any atom is 0.242 e. The van der Waals surface area contributed by atoms with E-state index in [1.54, 1.807) is 6.07 Å². The number of hydrogen-bond acceptors (Lipinski definition) is 2. The van der Waals surface area contributed by atoms with Crippen molar-refractivity contribution in [1.29, 1.82) is 0 Å². The second-order valence-corrected chi connectivity index (χ2v) is 6.63. The topological polar surface area (TPSA) is 46.2 Å². The molecule has 3 nitrogen and oxygen atoms in total. The molecule has 0 saturated heterocycles. The number of benzene rings is 1. The molecule has 0 aliphatic rings. The Labute approximate surface area is 120 Å².